The second kappa shape index (κ2) is 8.05. The third-order valence-electron chi connectivity index (χ3n) is 3.91. The lowest BCUT2D eigenvalue weighted by Crippen LogP contribution is -2.30. The molecule has 1 N–H and O–H groups in total. The Morgan fingerprint density at radius 1 is 1.15 bits per heavy atom. The summed E-state index contributed by atoms with van der Waals surface area (Å²) in [7, 11) is 0. The fourth-order valence-corrected chi connectivity index (χ4v) is 2.75. The van der Waals surface area contributed by atoms with Crippen LogP contribution < -0.4 is 5.32 Å². The summed E-state index contributed by atoms with van der Waals surface area (Å²) < 4.78 is 0. The number of carbonyl (C=O) groups excluding carboxylic acids is 1. The maximum Gasteiger partial charge on any atom is 0.220 e. The van der Waals surface area contributed by atoms with Crippen molar-refractivity contribution in [1.29, 1.82) is 0 Å². The molecule has 0 aliphatic carbocycles. The molecule has 110 valence electrons. The molecule has 1 aromatic carbocycles. The van der Waals surface area contributed by atoms with Gasteiger partial charge in [-0.05, 0) is 43.5 Å². The largest absolute Gasteiger partial charge is 0.352 e. The molecule has 2 rings (SSSR count). The molecule has 1 saturated heterocycles. The van der Waals surface area contributed by atoms with Crippen LogP contribution in [0, 0.1) is 0 Å². The van der Waals surface area contributed by atoms with Crippen LogP contribution in [0.3, 0.4) is 0 Å². The van der Waals surface area contributed by atoms with Crippen LogP contribution in [0.1, 0.15) is 50.2 Å². The van der Waals surface area contributed by atoms with E-state index in [0.29, 0.717) is 13.0 Å². The van der Waals surface area contributed by atoms with E-state index in [1.807, 2.05) is 6.92 Å². The lowest BCUT2D eigenvalue weighted by Gasteiger charge is -2.27. The van der Waals surface area contributed by atoms with Gasteiger partial charge < -0.3 is 5.32 Å². The quantitative estimate of drug-likeness (QED) is 0.864. The van der Waals surface area contributed by atoms with Crippen LogP contribution in [-0.4, -0.2) is 23.9 Å². The van der Waals surface area contributed by atoms with Gasteiger partial charge in [0.1, 0.15) is 0 Å². The van der Waals surface area contributed by atoms with E-state index in [0.717, 1.165) is 13.0 Å². The van der Waals surface area contributed by atoms with E-state index in [1.54, 1.807) is 0 Å². The van der Waals surface area contributed by atoms with Gasteiger partial charge in [-0.25, -0.2) is 0 Å². The number of hydrogen-bond acceptors (Lipinski definition) is 2. The van der Waals surface area contributed by atoms with Gasteiger partial charge in [0.2, 0.25) is 5.91 Å². The SMILES string of the molecule is CCCC(=O)NCc1ccccc1CN1CCCCC1. The first-order chi connectivity index (χ1) is 9.79. The summed E-state index contributed by atoms with van der Waals surface area (Å²) >= 11 is 0. The molecule has 0 unspecified atom stereocenters. The van der Waals surface area contributed by atoms with Crippen molar-refractivity contribution < 1.29 is 4.79 Å². The van der Waals surface area contributed by atoms with Crippen molar-refractivity contribution in [2.24, 2.45) is 0 Å². The summed E-state index contributed by atoms with van der Waals surface area (Å²) in [5.74, 6) is 0.153. The summed E-state index contributed by atoms with van der Waals surface area (Å²) in [5, 5.41) is 3.02. The third-order valence-corrected chi connectivity index (χ3v) is 3.91. The molecule has 1 amide bonds. The van der Waals surface area contributed by atoms with Crippen molar-refractivity contribution in [2.75, 3.05) is 13.1 Å². The number of piperidine rings is 1. The highest BCUT2D eigenvalue weighted by Crippen LogP contribution is 2.16. The maximum absolute atomic E-state index is 11.6. The number of benzene rings is 1. The van der Waals surface area contributed by atoms with E-state index in [-0.39, 0.29) is 5.91 Å². The van der Waals surface area contributed by atoms with Crippen LogP contribution in [-0.2, 0) is 17.9 Å². The normalized spacial score (nSPS) is 16.1. The van der Waals surface area contributed by atoms with Crippen LogP contribution in [0.25, 0.3) is 0 Å². The standard InChI is InChI=1S/C17H26N2O/c1-2-8-17(20)18-13-15-9-4-5-10-16(15)14-19-11-6-3-7-12-19/h4-5,9-10H,2-3,6-8,11-14H2,1H3,(H,18,20). The molecule has 0 spiro atoms. The number of rotatable bonds is 6. The minimum atomic E-state index is 0.153. The Labute approximate surface area is 122 Å². The number of hydrogen-bond donors (Lipinski definition) is 1. The monoisotopic (exact) mass is 274 g/mol. The number of amides is 1. The lowest BCUT2D eigenvalue weighted by atomic mass is 10.0. The van der Waals surface area contributed by atoms with E-state index in [1.165, 1.54) is 43.5 Å². The van der Waals surface area contributed by atoms with E-state index in [4.69, 9.17) is 0 Å². The molecular weight excluding hydrogens is 248 g/mol. The number of carbonyl (C=O) groups is 1. The first-order valence-corrected chi connectivity index (χ1v) is 7.85. The van der Waals surface area contributed by atoms with Crippen molar-refractivity contribution in [3.8, 4) is 0 Å². The van der Waals surface area contributed by atoms with Gasteiger partial charge in [-0.2, -0.15) is 0 Å². The Bertz CT molecular complexity index is 425. The molecular formula is C17H26N2O. The van der Waals surface area contributed by atoms with Crippen LogP contribution in [0.15, 0.2) is 24.3 Å². The second-order valence-electron chi connectivity index (χ2n) is 5.63. The fourth-order valence-electron chi connectivity index (χ4n) is 2.75. The Hall–Kier alpha value is -1.35. The Morgan fingerprint density at radius 3 is 2.55 bits per heavy atom. The van der Waals surface area contributed by atoms with Gasteiger partial charge in [0.15, 0.2) is 0 Å². The van der Waals surface area contributed by atoms with E-state index >= 15 is 0 Å². The first kappa shape index (κ1) is 15.0. The smallest absolute Gasteiger partial charge is 0.220 e. The van der Waals surface area contributed by atoms with Crippen molar-refractivity contribution in [2.45, 2.75) is 52.1 Å². The molecule has 1 aromatic rings. The highest BCUT2D eigenvalue weighted by Gasteiger charge is 2.12. The van der Waals surface area contributed by atoms with E-state index in [9.17, 15) is 4.79 Å². The van der Waals surface area contributed by atoms with Gasteiger partial charge in [-0.3, -0.25) is 9.69 Å². The molecule has 0 saturated carbocycles. The molecule has 1 aliphatic rings. The summed E-state index contributed by atoms with van der Waals surface area (Å²) in [4.78, 5) is 14.1. The molecule has 0 aromatic heterocycles. The summed E-state index contributed by atoms with van der Waals surface area (Å²) in [5.41, 5.74) is 2.61. The predicted molar refractivity (Wildman–Crippen MR) is 82.3 cm³/mol. The molecule has 0 bridgehead atoms. The topological polar surface area (TPSA) is 32.3 Å². The molecule has 1 heterocycles. The highest BCUT2D eigenvalue weighted by molar-refractivity contribution is 5.75. The minimum Gasteiger partial charge on any atom is -0.352 e. The van der Waals surface area contributed by atoms with Crippen molar-refractivity contribution >= 4 is 5.91 Å². The molecule has 3 heteroatoms. The van der Waals surface area contributed by atoms with Gasteiger partial charge >= 0.3 is 0 Å². The third kappa shape index (κ3) is 4.64. The number of likely N-dealkylation sites (tertiary alicyclic amines) is 1. The zero-order valence-electron chi connectivity index (χ0n) is 12.5. The van der Waals surface area contributed by atoms with Gasteiger partial charge in [0.25, 0.3) is 0 Å². The minimum absolute atomic E-state index is 0.153. The van der Waals surface area contributed by atoms with Gasteiger partial charge in [0.05, 0.1) is 0 Å². The fraction of sp³-hybridized carbons (Fsp3) is 0.588. The average molecular weight is 274 g/mol. The number of nitrogens with zero attached hydrogens (tertiary/aromatic N) is 1. The first-order valence-electron chi connectivity index (χ1n) is 7.85. The molecule has 0 radical (unpaired) electrons. The van der Waals surface area contributed by atoms with Crippen molar-refractivity contribution in [3.63, 3.8) is 0 Å². The Balaban J connectivity index is 1.93. The summed E-state index contributed by atoms with van der Waals surface area (Å²) in [6, 6.07) is 8.47. The van der Waals surface area contributed by atoms with E-state index < -0.39 is 0 Å². The maximum atomic E-state index is 11.6. The zero-order chi connectivity index (χ0) is 14.2. The predicted octanol–water partition coefficient (Wildman–Crippen LogP) is 3.09. The van der Waals surface area contributed by atoms with Crippen LogP contribution >= 0.6 is 0 Å². The number of nitrogens with one attached hydrogen (secondary N) is 1. The molecule has 20 heavy (non-hydrogen) atoms. The second-order valence-corrected chi connectivity index (χ2v) is 5.63. The molecule has 3 nitrogen and oxygen atoms in total. The van der Waals surface area contributed by atoms with Crippen molar-refractivity contribution in [3.05, 3.63) is 35.4 Å². The molecule has 1 aliphatic heterocycles. The lowest BCUT2D eigenvalue weighted by molar-refractivity contribution is -0.121. The van der Waals surface area contributed by atoms with Crippen LogP contribution in [0.2, 0.25) is 0 Å². The average Bonchev–Trinajstić information content (AvgIpc) is 2.48. The zero-order valence-corrected chi connectivity index (χ0v) is 12.5. The summed E-state index contributed by atoms with van der Waals surface area (Å²) in [6.45, 7) is 6.11. The van der Waals surface area contributed by atoms with Crippen LogP contribution in [0.5, 0.6) is 0 Å². The van der Waals surface area contributed by atoms with Gasteiger partial charge in [-0.1, -0.05) is 37.6 Å². The summed E-state index contributed by atoms with van der Waals surface area (Å²) in [6.07, 6.45) is 5.52. The van der Waals surface area contributed by atoms with Crippen LogP contribution in [0.4, 0.5) is 0 Å². The molecule has 1 fully saturated rings. The van der Waals surface area contributed by atoms with Crippen molar-refractivity contribution in [1.82, 2.24) is 10.2 Å². The van der Waals surface area contributed by atoms with Gasteiger partial charge in [0, 0.05) is 19.5 Å². The highest BCUT2D eigenvalue weighted by atomic mass is 16.1. The van der Waals surface area contributed by atoms with E-state index in [2.05, 4.69) is 34.5 Å². The Morgan fingerprint density at radius 2 is 1.85 bits per heavy atom. The molecule has 0 atom stereocenters. The Kier molecular flexibility index (Phi) is 6.06. The van der Waals surface area contributed by atoms with Gasteiger partial charge in [-0.15, -0.1) is 0 Å².